The normalized spacial score (nSPS) is 22.3. The van der Waals surface area contributed by atoms with Crippen molar-refractivity contribution in [3.63, 3.8) is 0 Å². The molecule has 1 aromatic rings. The molecule has 3 amide bonds. The summed E-state index contributed by atoms with van der Waals surface area (Å²) in [5.74, 6) is -0.432. The van der Waals surface area contributed by atoms with Crippen molar-refractivity contribution in [2.45, 2.75) is 45.1 Å². The van der Waals surface area contributed by atoms with Crippen LogP contribution >= 0.6 is 0 Å². The number of aryl methyl sites for hydroxylation is 1. The summed E-state index contributed by atoms with van der Waals surface area (Å²) in [5, 5.41) is 2.96. The maximum Gasteiger partial charge on any atom is 0.256 e. The number of amides is 3. The van der Waals surface area contributed by atoms with E-state index < -0.39 is 6.04 Å². The molecule has 29 heavy (non-hydrogen) atoms. The Balaban J connectivity index is 1.47. The van der Waals surface area contributed by atoms with E-state index in [-0.39, 0.29) is 24.3 Å². The predicted molar refractivity (Wildman–Crippen MR) is 111 cm³/mol. The highest BCUT2D eigenvalue weighted by atomic mass is 16.2. The van der Waals surface area contributed by atoms with Gasteiger partial charge in [-0.1, -0.05) is 18.1 Å². The second kappa shape index (κ2) is 8.53. The van der Waals surface area contributed by atoms with Gasteiger partial charge in [0.05, 0.1) is 11.3 Å². The van der Waals surface area contributed by atoms with Crippen LogP contribution in [-0.2, 0) is 9.59 Å². The number of nitrogens with zero attached hydrogens (tertiary/aromatic N) is 3. The minimum atomic E-state index is -0.462. The first kappa shape index (κ1) is 19.9. The maximum absolute atomic E-state index is 13.2. The van der Waals surface area contributed by atoms with Crippen LogP contribution in [0.3, 0.4) is 0 Å². The molecule has 0 radical (unpaired) electrons. The molecule has 3 heterocycles. The number of rotatable bonds is 5. The zero-order valence-corrected chi connectivity index (χ0v) is 17.2. The molecule has 1 unspecified atom stereocenters. The van der Waals surface area contributed by atoms with Gasteiger partial charge in [0, 0.05) is 19.6 Å². The summed E-state index contributed by atoms with van der Waals surface area (Å²) in [6, 6.07) is 5.05. The number of piperidine rings is 1. The Morgan fingerprint density at radius 3 is 2.69 bits per heavy atom. The van der Waals surface area contributed by atoms with Crippen LogP contribution in [0, 0.1) is 6.92 Å². The molecule has 3 aliphatic heterocycles. The predicted octanol–water partition coefficient (Wildman–Crippen LogP) is 1.55. The van der Waals surface area contributed by atoms with Gasteiger partial charge in [-0.25, -0.2) is 0 Å². The van der Waals surface area contributed by atoms with Gasteiger partial charge < -0.3 is 20.0 Å². The molecule has 0 spiro atoms. The molecular formula is C22H30N4O3. The summed E-state index contributed by atoms with van der Waals surface area (Å²) >= 11 is 0. The largest absolute Gasteiger partial charge is 0.353 e. The van der Waals surface area contributed by atoms with Crippen LogP contribution in [0.25, 0.3) is 0 Å². The molecule has 2 fully saturated rings. The van der Waals surface area contributed by atoms with Crippen LogP contribution in [0.5, 0.6) is 0 Å². The van der Waals surface area contributed by atoms with Gasteiger partial charge in [-0.2, -0.15) is 0 Å². The first-order valence-corrected chi connectivity index (χ1v) is 10.8. The van der Waals surface area contributed by atoms with Crippen molar-refractivity contribution >= 4 is 23.4 Å². The summed E-state index contributed by atoms with van der Waals surface area (Å²) in [6.45, 7) is 6.07. The lowest BCUT2D eigenvalue weighted by Gasteiger charge is -2.27. The average Bonchev–Trinajstić information content (AvgIpc) is 3.19. The Morgan fingerprint density at radius 1 is 1.10 bits per heavy atom. The Kier molecular flexibility index (Phi) is 5.85. The van der Waals surface area contributed by atoms with Crippen molar-refractivity contribution in [3.8, 4) is 0 Å². The Labute approximate surface area is 172 Å². The Hall–Kier alpha value is -2.41. The van der Waals surface area contributed by atoms with Gasteiger partial charge in [0.25, 0.3) is 5.91 Å². The topological polar surface area (TPSA) is 73.0 Å². The smallest absolute Gasteiger partial charge is 0.256 e. The van der Waals surface area contributed by atoms with Crippen LogP contribution in [0.4, 0.5) is 5.69 Å². The number of hydrogen-bond acceptors (Lipinski definition) is 4. The van der Waals surface area contributed by atoms with Crippen molar-refractivity contribution in [1.82, 2.24) is 15.1 Å². The second-order valence-corrected chi connectivity index (χ2v) is 8.35. The van der Waals surface area contributed by atoms with Gasteiger partial charge in [0.2, 0.25) is 11.8 Å². The van der Waals surface area contributed by atoms with Gasteiger partial charge in [0.15, 0.2) is 0 Å². The minimum Gasteiger partial charge on any atom is -0.353 e. The highest BCUT2D eigenvalue weighted by molar-refractivity contribution is 6.12. The number of likely N-dealkylation sites (tertiary alicyclic amines) is 1. The van der Waals surface area contributed by atoms with Crippen LogP contribution in [-0.4, -0.2) is 72.8 Å². The number of carbonyl (C=O) groups is 3. The number of carbonyl (C=O) groups excluding carboxylic acids is 3. The summed E-state index contributed by atoms with van der Waals surface area (Å²) in [5.41, 5.74) is 2.03. The molecule has 2 saturated heterocycles. The van der Waals surface area contributed by atoms with Crippen LogP contribution < -0.4 is 10.2 Å². The van der Waals surface area contributed by atoms with Crippen molar-refractivity contribution < 1.29 is 14.4 Å². The minimum absolute atomic E-state index is 0.0491. The first-order valence-electron chi connectivity index (χ1n) is 10.8. The lowest BCUT2D eigenvalue weighted by atomic mass is 10.1. The van der Waals surface area contributed by atoms with E-state index in [0.29, 0.717) is 30.8 Å². The first-order chi connectivity index (χ1) is 14.0. The molecule has 4 rings (SSSR count). The van der Waals surface area contributed by atoms with Gasteiger partial charge in [-0.15, -0.1) is 0 Å². The SMILES string of the molecule is Cc1ccc2c(c1)C(=O)N1CCCC1C(=O)N2CC(=O)NCCN1CCCCC1. The van der Waals surface area contributed by atoms with Gasteiger partial charge >= 0.3 is 0 Å². The standard InChI is InChI=1S/C22H30N4O3/c1-16-7-8-18-17(14-16)21(28)25-12-5-6-19(25)22(29)26(18)15-20(27)23-9-13-24-10-3-2-4-11-24/h7-8,14,19H,2-6,9-13,15H2,1H3,(H,23,27). The monoisotopic (exact) mass is 398 g/mol. The zero-order chi connectivity index (χ0) is 20.4. The average molecular weight is 399 g/mol. The molecular weight excluding hydrogens is 368 g/mol. The third-order valence-corrected chi connectivity index (χ3v) is 6.24. The Morgan fingerprint density at radius 2 is 1.90 bits per heavy atom. The highest BCUT2D eigenvalue weighted by Crippen LogP contribution is 2.32. The summed E-state index contributed by atoms with van der Waals surface area (Å²) in [7, 11) is 0. The number of hydrogen-bond donors (Lipinski definition) is 1. The molecule has 1 N–H and O–H groups in total. The molecule has 1 aromatic carbocycles. The molecule has 7 heteroatoms. The zero-order valence-electron chi connectivity index (χ0n) is 17.2. The molecule has 0 aromatic heterocycles. The fourth-order valence-electron chi connectivity index (χ4n) is 4.68. The van der Waals surface area contributed by atoms with Crippen LogP contribution in [0.15, 0.2) is 18.2 Å². The molecule has 0 saturated carbocycles. The molecule has 156 valence electrons. The molecule has 7 nitrogen and oxygen atoms in total. The molecule has 0 bridgehead atoms. The number of benzene rings is 1. The van der Waals surface area contributed by atoms with E-state index in [0.717, 1.165) is 31.6 Å². The lowest BCUT2D eigenvalue weighted by Crippen LogP contribution is -2.48. The number of nitrogens with one attached hydrogen (secondary N) is 1. The third-order valence-electron chi connectivity index (χ3n) is 6.24. The summed E-state index contributed by atoms with van der Waals surface area (Å²) in [4.78, 5) is 44.5. The van der Waals surface area contributed by atoms with Crippen molar-refractivity contribution in [2.24, 2.45) is 0 Å². The van der Waals surface area contributed by atoms with Crippen LogP contribution in [0.2, 0.25) is 0 Å². The van der Waals surface area contributed by atoms with E-state index in [1.807, 2.05) is 19.1 Å². The maximum atomic E-state index is 13.2. The fraction of sp³-hybridized carbons (Fsp3) is 0.591. The fourth-order valence-corrected chi connectivity index (χ4v) is 4.68. The van der Waals surface area contributed by atoms with Crippen LogP contribution in [0.1, 0.15) is 48.0 Å². The highest BCUT2D eigenvalue weighted by Gasteiger charge is 2.42. The molecule has 1 atom stereocenters. The van der Waals surface area contributed by atoms with E-state index in [1.54, 1.807) is 11.0 Å². The Bertz CT molecular complexity index is 803. The summed E-state index contributed by atoms with van der Waals surface area (Å²) < 4.78 is 0. The van der Waals surface area contributed by atoms with Gasteiger partial charge in [-0.3, -0.25) is 14.4 Å². The van der Waals surface area contributed by atoms with Gasteiger partial charge in [0.1, 0.15) is 12.6 Å². The van der Waals surface area contributed by atoms with E-state index in [2.05, 4.69) is 10.2 Å². The number of anilines is 1. The lowest BCUT2D eigenvalue weighted by molar-refractivity contribution is -0.125. The van der Waals surface area contributed by atoms with E-state index in [9.17, 15) is 14.4 Å². The second-order valence-electron chi connectivity index (χ2n) is 8.35. The van der Waals surface area contributed by atoms with Crippen molar-refractivity contribution in [2.75, 3.05) is 44.2 Å². The summed E-state index contributed by atoms with van der Waals surface area (Å²) in [6.07, 6.45) is 5.20. The molecule has 0 aliphatic carbocycles. The van der Waals surface area contributed by atoms with E-state index in [1.165, 1.54) is 24.2 Å². The third kappa shape index (κ3) is 4.15. The van der Waals surface area contributed by atoms with E-state index in [4.69, 9.17) is 0 Å². The van der Waals surface area contributed by atoms with E-state index >= 15 is 0 Å². The quantitative estimate of drug-likeness (QED) is 0.817. The number of fused-ring (bicyclic) bond motifs is 2. The van der Waals surface area contributed by atoms with Gasteiger partial charge in [-0.05, 0) is 57.8 Å². The van der Waals surface area contributed by atoms with Crippen molar-refractivity contribution in [1.29, 1.82) is 0 Å². The molecule has 3 aliphatic rings. The van der Waals surface area contributed by atoms with Crippen molar-refractivity contribution in [3.05, 3.63) is 29.3 Å².